The summed E-state index contributed by atoms with van der Waals surface area (Å²) in [5.41, 5.74) is 0.883. The van der Waals surface area contributed by atoms with Gasteiger partial charge in [-0.15, -0.1) is 0 Å². The van der Waals surface area contributed by atoms with Crippen molar-refractivity contribution >= 4 is 5.97 Å². The summed E-state index contributed by atoms with van der Waals surface area (Å²) in [4.78, 5) is 13.4. The molecule has 2 N–H and O–H groups in total. The lowest BCUT2D eigenvalue weighted by molar-refractivity contribution is 0.0521. The molecule has 0 amide bonds. The number of carboxylic acids is 1. The molecule has 0 bridgehead atoms. The summed E-state index contributed by atoms with van der Waals surface area (Å²) >= 11 is 0. The molecule has 0 spiro atoms. The molecule has 0 unspecified atom stereocenters. The van der Waals surface area contributed by atoms with Crippen molar-refractivity contribution in [3.05, 3.63) is 29.3 Å². The second kappa shape index (κ2) is 7.43. The molecule has 1 aromatic rings. The van der Waals surface area contributed by atoms with Gasteiger partial charge in [0.25, 0.3) is 0 Å². The van der Waals surface area contributed by atoms with Gasteiger partial charge in [0.05, 0.1) is 0 Å². The number of nitrogens with zero attached hydrogens (tertiary/aromatic N) is 1. The lowest BCUT2D eigenvalue weighted by atomic mass is 9.99. The molecule has 2 rings (SSSR count). The summed E-state index contributed by atoms with van der Waals surface area (Å²) in [5.74, 6) is -0.629. The SMILES string of the molecule is CCN(Cc1ccc(O)c(C(=O)O)c1)CC1CCOCC1. The van der Waals surface area contributed by atoms with E-state index in [1.54, 1.807) is 12.1 Å². The quantitative estimate of drug-likeness (QED) is 0.842. The van der Waals surface area contributed by atoms with Crippen molar-refractivity contribution in [2.45, 2.75) is 26.3 Å². The van der Waals surface area contributed by atoms with E-state index in [-0.39, 0.29) is 11.3 Å². The molecular weight excluding hydrogens is 270 g/mol. The van der Waals surface area contributed by atoms with Crippen molar-refractivity contribution in [2.24, 2.45) is 5.92 Å². The molecule has 0 saturated carbocycles. The summed E-state index contributed by atoms with van der Waals surface area (Å²) in [7, 11) is 0. The van der Waals surface area contributed by atoms with Crippen molar-refractivity contribution in [1.82, 2.24) is 4.90 Å². The van der Waals surface area contributed by atoms with Crippen LogP contribution in [0.1, 0.15) is 35.7 Å². The smallest absolute Gasteiger partial charge is 0.339 e. The first-order valence-electron chi connectivity index (χ1n) is 7.45. The molecule has 1 heterocycles. The van der Waals surface area contributed by atoms with Crippen LogP contribution in [0.15, 0.2) is 18.2 Å². The Morgan fingerprint density at radius 1 is 1.38 bits per heavy atom. The third kappa shape index (κ3) is 4.44. The molecular formula is C16H23NO4. The van der Waals surface area contributed by atoms with Gasteiger partial charge in [0.1, 0.15) is 11.3 Å². The molecule has 1 saturated heterocycles. The van der Waals surface area contributed by atoms with E-state index < -0.39 is 5.97 Å². The highest BCUT2D eigenvalue weighted by atomic mass is 16.5. The Bertz CT molecular complexity index is 483. The molecule has 21 heavy (non-hydrogen) atoms. The maximum atomic E-state index is 11.1. The molecule has 0 aliphatic carbocycles. The maximum Gasteiger partial charge on any atom is 0.339 e. The number of carboxylic acid groups (broad SMARTS) is 1. The first-order chi connectivity index (χ1) is 10.1. The molecule has 5 nitrogen and oxygen atoms in total. The molecule has 1 aliphatic heterocycles. The summed E-state index contributed by atoms with van der Waals surface area (Å²) in [6, 6.07) is 4.81. The lowest BCUT2D eigenvalue weighted by Gasteiger charge is -2.29. The Morgan fingerprint density at radius 3 is 2.71 bits per heavy atom. The number of carbonyl (C=O) groups is 1. The van der Waals surface area contributed by atoms with Crippen LogP contribution < -0.4 is 0 Å². The van der Waals surface area contributed by atoms with Crippen molar-refractivity contribution in [1.29, 1.82) is 0 Å². The van der Waals surface area contributed by atoms with E-state index >= 15 is 0 Å². The van der Waals surface area contributed by atoms with E-state index in [4.69, 9.17) is 9.84 Å². The van der Waals surface area contributed by atoms with E-state index in [1.807, 2.05) is 0 Å². The zero-order valence-corrected chi connectivity index (χ0v) is 12.4. The number of aromatic hydroxyl groups is 1. The van der Waals surface area contributed by atoms with E-state index in [0.717, 1.165) is 44.7 Å². The third-order valence-corrected chi connectivity index (χ3v) is 4.00. The Labute approximate surface area is 125 Å². The zero-order valence-electron chi connectivity index (χ0n) is 12.4. The summed E-state index contributed by atoms with van der Waals surface area (Å²) in [6.07, 6.45) is 2.18. The number of benzene rings is 1. The molecule has 0 radical (unpaired) electrons. The molecule has 116 valence electrons. The fraction of sp³-hybridized carbons (Fsp3) is 0.562. The van der Waals surface area contributed by atoms with Gasteiger partial charge in [-0.05, 0) is 43.0 Å². The predicted octanol–water partition coefficient (Wildman–Crippen LogP) is 2.34. The van der Waals surface area contributed by atoms with Crippen LogP contribution in [0.5, 0.6) is 5.75 Å². The molecule has 1 aromatic carbocycles. The van der Waals surface area contributed by atoms with Gasteiger partial charge in [-0.3, -0.25) is 4.90 Å². The largest absolute Gasteiger partial charge is 0.507 e. The zero-order chi connectivity index (χ0) is 15.2. The average molecular weight is 293 g/mol. The van der Waals surface area contributed by atoms with Gasteiger partial charge in [-0.25, -0.2) is 4.79 Å². The number of hydrogen-bond donors (Lipinski definition) is 2. The van der Waals surface area contributed by atoms with E-state index in [0.29, 0.717) is 12.5 Å². The van der Waals surface area contributed by atoms with Crippen LogP contribution in [0.25, 0.3) is 0 Å². The number of aromatic carboxylic acids is 1. The standard InChI is InChI=1S/C16H23NO4/c1-2-17(10-12-5-7-21-8-6-12)11-13-3-4-15(18)14(9-13)16(19)20/h3-4,9,12,18H,2,5-8,10-11H2,1H3,(H,19,20). The summed E-state index contributed by atoms with van der Waals surface area (Å²) in [5, 5.41) is 18.6. The third-order valence-electron chi connectivity index (χ3n) is 4.00. The van der Waals surface area contributed by atoms with Crippen molar-refractivity contribution in [2.75, 3.05) is 26.3 Å². The van der Waals surface area contributed by atoms with Crippen molar-refractivity contribution < 1.29 is 19.7 Å². The Morgan fingerprint density at radius 2 is 2.10 bits per heavy atom. The van der Waals surface area contributed by atoms with Crippen LogP contribution >= 0.6 is 0 Å². The fourth-order valence-electron chi connectivity index (χ4n) is 2.71. The highest BCUT2D eigenvalue weighted by Gasteiger charge is 2.18. The molecule has 1 aliphatic rings. The normalized spacial score (nSPS) is 16.3. The van der Waals surface area contributed by atoms with Gasteiger partial charge in [-0.1, -0.05) is 13.0 Å². The minimum absolute atomic E-state index is 0.0328. The Kier molecular flexibility index (Phi) is 5.59. The van der Waals surface area contributed by atoms with Gasteiger partial charge < -0.3 is 14.9 Å². The second-order valence-corrected chi connectivity index (χ2v) is 5.54. The van der Waals surface area contributed by atoms with Crippen LogP contribution in [0.2, 0.25) is 0 Å². The lowest BCUT2D eigenvalue weighted by Crippen LogP contribution is -2.32. The van der Waals surface area contributed by atoms with Gasteiger partial charge in [0, 0.05) is 26.3 Å². The van der Waals surface area contributed by atoms with E-state index in [9.17, 15) is 9.90 Å². The van der Waals surface area contributed by atoms with Crippen LogP contribution in [0, 0.1) is 5.92 Å². The maximum absolute atomic E-state index is 11.1. The molecule has 1 fully saturated rings. The summed E-state index contributed by atoms with van der Waals surface area (Å²) < 4.78 is 5.38. The highest BCUT2D eigenvalue weighted by Crippen LogP contribution is 2.21. The molecule has 5 heteroatoms. The Hall–Kier alpha value is -1.59. The van der Waals surface area contributed by atoms with Gasteiger partial charge >= 0.3 is 5.97 Å². The van der Waals surface area contributed by atoms with Crippen LogP contribution in [0.4, 0.5) is 0 Å². The van der Waals surface area contributed by atoms with Gasteiger partial charge in [0.2, 0.25) is 0 Å². The minimum atomic E-state index is -1.10. The first kappa shape index (κ1) is 15.8. The van der Waals surface area contributed by atoms with Crippen molar-refractivity contribution in [3.63, 3.8) is 0 Å². The van der Waals surface area contributed by atoms with Gasteiger partial charge in [-0.2, -0.15) is 0 Å². The van der Waals surface area contributed by atoms with Gasteiger partial charge in [0.15, 0.2) is 0 Å². The number of ether oxygens (including phenoxy) is 1. The molecule has 0 aromatic heterocycles. The fourth-order valence-corrected chi connectivity index (χ4v) is 2.71. The predicted molar refractivity (Wildman–Crippen MR) is 79.6 cm³/mol. The first-order valence-corrected chi connectivity index (χ1v) is 7.45. The Balaban J connectivity index is 2.00. The summed E-state index contributed by atoms with van der Waals surface area (Å²) in [6.45, 7) is 6.41. The number of phenols is 1. The number of hydrogen-bond acceptors (Lipinski definition) is 4. The highest BCUT2D eigenvalue weighted by molar-refractivity contribution is 5.90. The van der Waals surface area contributed by atoms with Crippen LogP contribution in [-0.2, 0) is 11.3 Å². The van der Waals surface area contributed by atoms with Crippen LogP contribution in [-0.4, -0.2) is 47.4 Å². The topological polar surface area (TPSA) is 70.0 Å². The average Bonchev–Trinajstić information content (AvgIpc) is 2.49. The second-order valence-electron chi connectivity index (χ2n) is 5.54. The molecule has 0 atom stereocenters. The monoisotopic (exact) mass is 293 g/mol. The van der Waals surface area contributed by atoms with Crippen molar-refractivity contribution in [3.8, 4) is 5.75 Å². The van der Waals surface area contributed by atoms with E-state index in [1.165, 1.54) is 6.07 Å². The number of rotatable bonds is 6. The minimum Gasteiger partial charge on any atom is -0.507 e. The van der Waals surface area contributed by atoms with Crippen LogP contribution in [0.3, 0.4) is 0 Å². The van der Waals surface area contributed by atoms with E-state index in [2.05, 4.69) is 11.8 Å².